The molecular weight excluding hydrogens is 340 g/mol. The van der Waals surface area contributed by atoms with Gasteiger partial charge in [0.2, 0.25) is 0 Å². The third-order valence-corrected chi connectivity index (χ3v) is 4.56. The highest BCUT2D eigenvalue weighted by Gasteiger charge is 2.34. The summed E-state index contributed by atoms with van der Waals surface area (Å²) in [6.07, 6.45) is 4.96. The molecule has 0 aliphatic heterocycles. The number of aromatic nitrogens is 1. The minimum absolute atomic E-state index is 0.143. The zero-order chi connectivity index (χ0) is 17.3. The SMILES string of the molecule is COc1ccc(C(=O)c2cnoc2C2CC2)c(SC)c1OC(F)F. The first-order valence-electron chi connectivity index (χ1n) is 7.25. The molecule has 0 bridgehead atoms. The average molecular weight is 355 g/mol. The lowest BCUT2D eigenvalue weighted by Crippen LogP contribution is -2.09. The van der Waals surface area contributed by atoms with Gasteiger partial charge in [0, 0.05) is 11.5 Å². The summed E-state index contributed by atoms with van der Waals surface area (Å²) >= 11 is 1.14. The van der Waals surface area contributed by atoms with E-state index in [1.165, 1.54) is 25.4 Å². The lowest BCUT2D eigenvalue weighted by Gasteiger charge is -2.16. The number of methoxy groups -OCH3 is 1. The van der Waals surface area contributed by atoms with Gasteiger partial charge in [0.15, 0.2) is 23.0 Å². The van der Waals surface area contributed by atoms with Crippen LogP contribution >= 0.6 is 11.8 Å². The van der Waals surface area contributed by atoms with Gasteiger partial charge in [-0.05, 0) is 31.2 Å². The Balaban J connectivity index is 2.06. The molecule has 1 aromatic heterocycles. The average Bonchev–Trinajstić information content (AvgIpc) is 3.30. The second kappa shape index (κ2) is 6.80. The van der Waals surface area contributed by atoms with Crippen LogP contribution in [0.25, 0.3) is 0 Å². The first kappa shape index (κ1) is 16.8. The lowest BCUT2D eigenvalue weighted by atomic mass is 10.0. The quantitative estimate of drug-likeness (QED) is 0.550. The predicted octanol–water partition coefficient (Wildman–Crippen LogP) is 4.11. The van der Waals surface area contributed by atoms with Gasteiger partial charge in [0.25, 0.3) is 0 Å². The maximum absolute atomic E-state index is 12.9. The van der Waals surface area contributed by atoms with Gasteiger partial charge < -0.3 is 14.0 Å². The third-order valence-electron chi connectivity index (χ3n) is 3.74. The van der Waals surface area contributed by atoms with Crippen LogP contribution < -0.4 is 9.47 Å². The van der Waals surface area contributed by atoms with Crippen molar-refractivity contribution in [3.8, 4) is 11.5 Å². The first-order valence-corrected chi connectivity index (χ1v) is 8.48. The summed E-state index contributed by atoms with van der Waals surface area (Å²) in [5.74, 6) is 0.432. The smallest absolute Gasteiger partial charge is 0.387 e. The van der Waals surface area contributed by atoms with Crippen LogP contribution in [-0.2, 0) is 0 Å². The van der Waals surface area contributed by atoms with E-state index in [9.17, 15) is 13.6 Å². The van der Waals surface area contributed by atoms with E-state index < -0.39 is 6.61 Å². The molecule has 0 radical (unpaired) electrons. The normalized spacial score (nSPS) is 14.0. The van der Waals surface area contributed by atoms with Gasteiger partial charge in [-0.3, -0.25) is 4.79 Å². The van der Waals surface area contributed by atoms with E-state index in [1.54, 1.807) is 6.26 Å². The Morgan fingerprint density at radius 2 is 2.12 bits per heavy atom. The molecule has 128 valence electrons. The largest absolute Gasteiger partial charge is 0.493 e. The molecule has 2 aromatic rings. The molecule has 5 nitrogen and oxygen atoms in total. The van der Waals surface area contributed by atoms with E-state index in [2.05, 4.69) is 9.89 Å². The molecule has 1 aliphatic carbocycles. The maximum atomic E-state index is 12.9. The van der Waals surface area contributed by atoms with Gasteiger partial charge in [-0.15, -0.1) is 11.8 Å². The number of carbonyl (C=O) groups is 1. The highest BCUT2D eigenvalue weighted by atomic mass is 32.2. The zero-order valence-electron chi connectivity index (χ0n) is 13.0. The summed E-state index contributed by atoms with van der Waals surface area (Å²) in [7, 11) is 1.35. The van der Waals surface area contributed by atoms with Crippen molar-refractivity contribution in [2.45, 2.75) is 30.3 Å². The Bertz CT molecular complexity index is 759. The molecule has 1 aromatic carbocycles. The molecule has 1 fully saturated rings. The summed E-state index contributed by atoms with van der Waals surface area (Å²) in [5.41, 5.74) is 0.616. The fourth-order valence-electron chi connectivity index (χ4n) is 2.49. The third kappa shape index (κ3) is 3.10. The predicted molar refractivity (Wildman–Crippen MR) is 83.3 cm³/mol. The van der Waals surface area contributed by atoms with Crippen molar-refractivity contribution in [2.24, 2.45) is 0 Å². The van der Waals surface area contributed by atoms with Crippen LogP contribution in [0.4, 0.5) is 8.78 Å². The monoisotopic (exact) mass is 355 g/mol. The first-order chi connectivity index (χ1) is 11.6. The van der Waals surface area contributed by atoms with E-state index in [1.807, 2.05) is 0 Å². The molecule has 1 aliphatic rings. The van der Waals surface area contributed by atoms with E-state index >= 15 is 0 Å². The number of hydrogen-bond donors (Lipinski definition) is 0. The van der Waals surface area contributed by atoms with E-state index in [4.69, 9.17) is 9.26 Å². The van der Waals surface area contributed by atoms with Crippen molar-refractivity contribution in [1.29, 1.82) is 0 Å². The molecule has 0 amide bonds. The highest BCUT2D eigenvalue weighted by molar-refractivity contribution is 7.98. The second-order valence-electron chi connectivity index (χ2n) is 5.26. The molecular formula is C16H15F2NO4S. The summed E-state index contributed by atoms with van der Waals surface area (Å²) in [6, 6.07) is 2.98. The number of ether oxygens (including phenoxy) is 2. The van der Waals surface area contributed by atoms with Crippen molar-refractivity contribution in [2.75, 3.05) is 13.4 Å². The molecule has 3 rings (SSSR count). The number of carbonyl (C=O) groups excluding carboxylic acids is 1. The summed E-state index contributed by atoms with van der Waals surface area (Å²) in [4.78, 5) is 13.2. The van der Waals surface area contributed by atoms with Crippen LogP contribution in [0.15, 0.2) is 27.7 Å². The van der Waals surface area contributed by atoms with Crippen LogP contribution in [0.3, 0.4) is 0 Å². The van der Waals surface area contributed by atoms with Crippen LogP contribution in [0.5, 0.6) is 11.5 Å². The van der Waals surface area contributed by atoms with E-state index in [-0.39, 0.29) is 28.8 Å². The van der Waals surface area contributed by atoms with Crippen molar-refractivity contribution in [3.63, 3.8) is 0 Å². The summed E-state index contributed by atoms with van der Waals surface area (Å²) in [5, 5.41) is 3.71. The van der Waals surface area contributed by atoms with Crippen LogP contribution in [0, 0.1) is 0 Å². The summed E-state index contributed by atoms with van der Waals surface area (Å²) in [6.45, 7) is -3.02. The maximum Gasteiger partial charge on any atom is 0.387 e. The zero-order valence-corrected chi connectivity index (χ0v) is 13.9. The Kier molecular flexibility index (Phi) is 4.75. The van der Waals surface area contributed by atoms with Crippen molar-refractivity contribution in [1.82, 2.24) is 5.16 Å². The van der Waals surface area contributed by atoms with Gasteiger partial charge in [-0.1, -0.05) is 5.16 Å². The van der Waals surface area contributed by atoms with Crippen molar-refractivity contribution < 1.29 is 27.6 Å². The number of ketones is 1. The lowest BCUT2D eigenvalue weighted by molar-refractivity contribution is -0.0531. The minimum Gasteiger partial charge on any atom is -0.493 e. The standard InChI is InChI=1S/C16H15F2NO4S/c1-21-11-6-5-9(15(24-2)14(11)22-16(17)18)12(20)10-7-19-23-13(10)8-3-4-8/h5-8,16H,3-4H2,1-2H3. The molecule has 0 saturated heterocycles. The Labute approximate surface area is 141 Å². The van der Waals surface area contributed by atoms with Crippen molar-refractivity contribution in [3.05, 3.63) is 35.2 Å². The fraction of sp³-hybridized carbons (Fsp3) is 0.375. The number of alkyl halides is 2. The number of nitrogens with zero attached hydrogens (tertiary/aromatic N) is 1. The molecule has 0 N–H and O–H groups in total. The van der Waals surface area contributed by atoms with Crippen LogP contribution in [-0.4, -0.2) is 30.9 Å². The van der Waals surface area contributed by atoms with Crippen LogP contribution in [0.2, 0.25) is 0 Å². The van der Waals surface area contributed by atoms with Gasteiger partial charge in [0.1, 0.15) is 0 Å². The van der Waals surface area contributed by atoms with Gasteiger partial charge >= 0.3 is 6.61 Å². The molecule has 24 heavy (non-hydrogen) atoms. The fourth-order valence-corrected chi connectivity index (χ4v) is 3.21. The highest BCUT2D eigenvalue weighted by Crippen LogP contribution is 2.44. The molecule has 1 heterocycles. The molecule has 0 spiro atoms. The Morgan fingerprint density at radius 1 is 1.38 bits per heavy atom. The molecule has 0 atom stereocenters. The van der Waals surface area contributed by atoms with Gasteiger partial charge in [-0.25, -0.2) is 0 Å². The summed E-state index contributed by atoms with van der Waals surface area (Å²) < 4.78 is 40.3. The van der Waals surface area contributed by atoms with Crippen LogP contribution in [0.1, 0.15) is 40.4 Å². The van der Waals surface area contributed by atoms with Gasteiger partial charge in [0.05, 0.1) is 23.8 Å². The molecule has 1 saturated carbocycles. The van der Waals surface area contributed by atoms with Crippen molar-refractivity contribution >= 4 is 17.5 Å². The number of halogens is 2. The number of hydrogen-bond acceptors (Lipinski definition) is 6. The topological polar surface area (TPSA) is 61.6 Å². The number of rotatable bonds is 7. The van der Waals surface area contributed by atoms with Gasteiger partial charge in [-0.2, -0.15) is 8.78 Å². The second-order valence-corrected chi connectivity index (χ2v) is 6.08. The number of benzene rings is 1. The minimum atomic E-state index is -3.02. The molecule has 0 unspecified atom stereocenters. The Morgan fingerprint density at radius 3 is 2.71 bits per heavy atom. The molecule has 8 heteroatoms. The number of thioether (sulfide) groups is 1. The van der Waals surface area contributed by atoms with E-state index in [0.29, 0.717) is 16.2 Å². The van der Waals surface area contributed by atoms with E-state index in [0.717, 1.165) is 24.6 Å². The Hall–Kier alpha value is -2.09.